The second-order valence-corrected chi connectivity index (χ2v) is 6.45. The molecule has 2 unspecified atom stereocenters. The van der Waals surface area contributed by atoms with Crippen LogP contribution in [0.1, 0.15) is 58.8 Å². The molecule has 0 amide bonds. The summed E-state index contributed by atoms with van der Waals surface area (Å²) in [5.74, 6) is 0.859. The largest absolute Gasteiger partial charge is 0.314 e. The van der Waals surface area contributed by atoms with Gasteiger partial charge in [-0.15, -0.1) is 0 Å². The van der Waals surface area contributed by atoms with Gasteiger partial charge in [-0.3, -0.25) is 0 Å². The molecule has 0 aromatic rings. The Morgan fingerprint density at radius 3 is 3.05 bits per heavy atom. The van der Waals surface area contributed by atoms with Crippen molar-refractivity contribution >= 4 is 0 Å². The Bertz CT molecular complexity index is 283. The summed E-state index contributed by atoms with van der Waals surface area (Å²) in [5, 5.41) is 3.77. The van der Waals surface area contributed by atoms with Crippen molar-refractivity contribution in [3.8, 4) is 0 Å². The molecule has 0 aromatic heterocycles. The zero-order chi connectivity index (χ0) is 13.5. The highest BCUT2D eigenvalue weighted by atomic mass is 15.1. The van der Waals surface area contributed by atoms with Crippen LogP contribution in [0.25, 0.3) is 0 Å². The van der Waals surface area contributed by atoms with E-state index < -0.39 is 0 Å². The van der Waals surface area contributed by atoms with Crippen molar-refractivity contribution in [2.24, 2.45) is 5.92 Å². The molecule has 0 saturated carbocycles. The highest BCUT2D eigenvalue weighted by molar-refractivity contribution is 5.07. The van der Waals surface area contributed by atoms with E-state index in [9.17, 15) is 0 Å². The number of hydrogen-bond acceptors (Lipinski definition) is 2. The van der Waals surface area contributed by atoms with E-state index in [2.05, 4.69) is 30.1 Å². The van der Waals surface area contributed by atoms with Crippen molar-refractivity contribution in [2.75, 3.05) is 26.2 Å². The number of piperidine rings is 1. The first-order valence-corrected chi connectivity index (χ1v) is 8.43. The summed E-state index contributed by atoms with van der Waals surface area (Å²) in [6.45, 7) is 9.78. The fourth-order valence-electron chi connectivity index (χ4n) is 3.61. The Morgan fingerprint density at radius 2 is 2.32 bits per heavy atom. The lowest BCUT2D eigenvalue weighted by atomic mass is 9.91. The lowest BCUT2D eigenvalue weighted by molar-refractivity contribution is 0.151. The highest BCUT2D eigenvalue weighted by Gasteiger charge is 2.23. The van der Waals surface area contributed by atoms with Gasteiger partial charge in [-0.25, -0.2) is 0 Å². The fraction of sp³-hybridized carbons (Fsp3) is 0.882. The van der Waals surface area contributed by atoms with Crippen molar-refractivity contribution in [1.29, 1.82) is 0 Å². The summed E-state index contributed by atoms with van der Waals surface area (Å²) in [6, 6.07) is 0.682. The molecule has 2 atom stereocenters. The van der Waals surface area contributed by atoms with Crippen LogP contribution in [0.4, 0.5) is 0 Å². The molecular weight excluding hydrogens is 232 g/mol. The number of allylic oxidation sites excluding steroid dienone is 1. The average molecular weight is 264 g/mol. The van der Waals surface area contributed by atoms with Crippen molar-refractivity contribution in [3.63, 3.8) is 0 Å². The Kier molecular flexibility index (Phi) is 6.39. The quantitative estimate of drug-likeness (QED) is 0.707. The van der Waals surface area contributed by atoms with Crippen LogP contribution in [0.15, 0.2) is 11.6 Å². The standard InChI is InChI=1S/C17H32N2/c1-3-12-19-13-6-9-17(14-19)15(2)18-11-10-16-7-4-5-8-16/h7,15,17-18H,3-6,8-14H2,1-2H3. The van der Waals surface area contributed by atoms with Crippen LogP contribution in [0.2, 0.25) is 0 Å². The minimum atomic E-state index is 0.682. The maximum Gasteiger partial charge on any atom is 0.00793 e. The number of nitrogens with zero attached hydrogens (tertiary/aromatic N) is 1. The van der Waals surface area contributed by atoms with Crippen molar-refractivity contribution in [2.45, 2.75) is 64.8 Å². The van der Waals surface area contributed by atoms with Crippen LogP contribution in [0.5, 0.6) is 0 Å². The molecule has 2 nitrogen and oxygen atoms in total. The van der Waals surface area contributed by atoms with E-state index in [1.165, 1.54) is 71.1 Å². The first-order chi connectivity index (χ1) is 9.29. The van der Waals surface area contributed by atoms with Gasteiger partial charge in [0.2, 0.25) is 0 Å². The molecule has 1 aliphatic carbocycles. The lowest BCUT2D eigenvalue weighted by Gasteiger charge is -2.36. The SMILES string of the molecule is CCCN1CCCC(C(C)NCCC2=CCCC2)C1. The number of likely N-dealkylation sites (tertiary alicyclic amines) is 1. The van der Waals surface area contributed by atoms with Crippen LogP contribution in [-0.2, 0) is 0 Å². The number of rotatable bonds is 7. The summed E-state index contributed by atoms with van der Waals surface area (Å²) in [4.78, 5) is 2.66. The van der Waals surface area contributed by atoms with Gasteiger partial charge in [-0.05, 0) is 77.4 Å². The van der Waals surface area contributed by atoms with Gasteiger partial charge < -0.3 is 10.2 Å². The van der Waals surface area contributed by atoms with E-state index in [-0.39, 0.29) is 0 Å². The maximum atomic E-state index is 3.77. The van der Waals surface area contributed by atoms with Gasteiger partial charge in [-0.2, -0.15) is 0 Å². The van der Waals surface area contributed by atoms with Crippen molar-refractivity contribution < 1.29 is 0 Å². The predicted octanol–water partition coefficient (Wildman–Crippen LogP) is 3.59. The molecule has 0 bridgehead atoms. The number of hydrogen-bond donors (Lipinski definition) is 1. The first-order valence-electron chi connectivity index (χ1n) is 8.43. The summed E-state index contributed by atoms with van der Waals surface area (Å²) < 4.78 is 0. The van der Waals surface area contributed by atoms with Gasteiger partial charge in [0.05, 0.1) is 0 Å². The maximum absolute atomic E-state index is 3.77. The molecule has 1 N–H and O–H groups in total. The van der Waals surface area contributed by atoms with Gasteiger partial charge in [0.15, 0.2) is 0 Å². The average Bonchev–Trinajstić information content (AvgIpc) is 2.92. The third-order valence-electron chi connectivity index (χ3n) is 4.84. The molecule has 2 heteroatoms. The Hall–Kier alpha value is -0.340. The zero-order valence-corrected chi connectivity index (χ0v) is 13.0. The molecule has 2 aliphatic rings. The van der Waals surface area contributed by atoms with E-state index in [1.807, 2.05) is 0 Å². The Labute approximate surface area is 119 Å². The van der Waals surface area contributed by atoms with Gasteiger partial charge >= 0.3 is 0 Å². The molecule has 19 heavy (non-hydrogen) atoms. The summed E-state index contributed by atoms with van der Waals surface area (Å²) in [5.41, 5.74) is 1.69. The van der Waals surface area contributed by atoms with Crippen LogP contribution < -0.4 is 5.32 Å². The smallest absolute Gasteiger partial charge is 0.00793 e. The Morgan fingerprint density at radius 1 is 1.42 bits per heavy atom. The molecule has 0 radical (unpaired) electrons. The van der Waals surface area contributed by atoms with Gasteiger partial charge in [0.25, 0.3) is 0 Å². The van der Waals surface area contributed by atoms with Gasteiger partial charge in [0.1, 0.15) is 0 Å². The molecular formula is C17H32N2. The third kappa shape index (κ3) is 4.92. The normalized spacial score (nSPS) is 26.4. The minimum absolute atomic E-state index is 0.682. The molecule has 0 spiro atoms. The lowest BCUT2D eigenvalue weighted by Crippen LogP contribution is -2.44. The predicted molar refractivity (Wildman–Crippen MR) is 83.5 cm³/mol. The summed E-state index contributed by atoms with van der Waals surface area (Å²) >= 11 is 0. The van der Waals surface area contributed by atoms with Gasteiger partial charge in [-0.1, -0.05) is 18.6 Å². The second kappa shape index (κ2) is 8.06. The third-order valence-corrected chi connectivity index (χ3v) is 4.84. The second-order valence-electron chi connectivity index (χ2n) is 6.45. The first kappa shape index (κ1) is 15.1. The van der Waals surface area contributed by atoms with Crippen LogP contribution in [-0.4, -0.2) is 37.1 Å². The summed E-state index contributed by atoms with van der Waals surface area (Å²) in [6.07, 6.45) is 11.9. The zero-order valence-electron chi connectivity index (χ0n) is 13.0. The molecule has 1 heterocycles. The van der Waals surface area contributed by atoms with E-state index in [0.29, 0.717) is 6.04 Å². The Balaban J connectivity index is 1.65. The van der Waals surface area contributed by atoms with E-state index in [4.69, 9.17) is 0 Å². The van der Waals surface area contributed by atoms with Gasteiger partial charge in [0, 0.05) is 12.6 Å². The van der Waals surface area contributed by atoms with E-state index >= 15 is 0 Å². The number of nitrogens with one attached hydrogen (secondary N) is 1. The van der Waals surface area contributed by atoms with Crippen LogP contribution >= 0.6 is 0 Å². The molecule has 1 fully saturated rings. The van der Waals surface area contributed by atoms with E-state index in [0.717, 1.165) is 5.92 Å². The topological polar surface area (TPSA) is 15.3 Å². The molecule has 1 aliphatic heterocycles. The minimum Gasteiger partial charge on any atom is -0.314 e. The molecule has 1 saturated heterocycles. The molecule has 0 aromatic carbocycles. The van der Waals surface area contributed by atoms with E-state index in [1.54, 1.807) is 5.57 Å². The van der Waals surface area contributed by atoms with Crippen molar-refractivity contribution in [3.05, 3.63) is 11.6 Å². The molecule has 110 valence electrons. The highest BCUT2D eigenvalue weighted by Crippen LogP contribution is 2.22. The van der Waals surface area contributed by atoms with Crippen LogP contribution in [0, 0.1) is 5.92 Å². The monoisotopic (exact) mass is 264 g/mol. The summed E-state index contributed by atoms with van der Waals surface area (Å²) in [7, 11) is 0. The fourth-order valence-corrected chi connectivity index (χ4v) is 3.61. The molecule has 2 rings (SSSR count). The van der Waals surface area contributed by atoms with Crippen LogP contribution in [0.3, 0.4) is 0 Å². The van der Waals surface area contributed by atoms with Crippen molar-refractivity contribution in [1.82, 2.24) is 10.2 Å².